The van der Waals surface area contributed by atoms with Crippen LogP contribution in [0.25, 0.3) is 0 Å². The van der Waals surface area contributed by atoms with E-state index in [-0.39, 0.29) is 12.1 Å². The molecular formula is C10H8F3N5O2. The lowest BCUT2D eigenvalue weighted by Crippen LogP contribution is -2.13. The first-order chi connectivity index (χ1) is 9.29. The zero-order valence-electron chi connectivity index (χ0n) is 10.1. The molecule has 20 heavy (non-hydrogen) atoms. The van der Waals surface area contributed by atoms with Gasteiger partial charge in [0, 0.05) is 12.1 Å². The number of alkyl halides is 3. The van der Waals surface area contributed by atoms with Crippen LogP contribution in [0.4, 0.5) is 18.9 Å². The quantitative estimate of drug-likeness (QED) is 0.636. The first-order valence-electron chi connectivity index (χ1n) is 5.36. The number of nitro groups is 1. The van der Waals surface area contributed by atoms with E-state index in [1.165, 1.54) is 4.68 Å². The Kier molecular flexibility index (Phi) is 3.38. The summed E-state index contributed by atoms with van der Waals surface area (Å²) in [5, 5.41) is 21.0. The molecule has 7 nitrogen and oxygen atoms in total. The first-order valence-corrected chi connectivity index (χ1v) is 5.36. The molecule has 0 saturated heterocycles. The fourth-order valence-electron chi connectivity index (χ4n) is 1.64. The number of benzene rings is 1. The topological polar surface area (TPSA) is 86.7 Å². The molecule has 0 aliphatic heterocycles. The molecule has 1 aromatic heterocycles. The van der Waals surface area contributed by atoms with Gasteiger partial charge in [-0.05, 0) is 29.0 Å². The maximum absolute atomic E-state index is 12.9. The molecule has 1 aromatic carbocycles. The minimum Gasteiger partial charge on any atom is -0.258 e. The minimum atomic E-state index is -4.69. The highest BCUT2D eigenvalue weighted by Crippen LogP contribution is 2.34. The largest absolute Gasteiger partial charge is 0.416 e. The maximum Gasteiger partial charge on any atom is 0.416 e. The van der Waals surface area contributed by atoms with Crippen LogP contribution in [-0.2, 0) is 12.7 Å². The van der Waals surface area contributed by atoms with Gasteiger partial charge in [0.25, 0.3) is 5.69 Å². The van der Waals surface area contributed by atoms with Crippen LogP contribution < -0.4 is 0 Å². The molecule has 2 rings (SSSR count). The van der Waals surface area contributed by atoms with E-state index in [0.717, 1.165) is 12.1 Å². The standard InChI is InChI=1S/C10H8F3N5O2/c1-6-14-15-16-17(6)5-7-2-3-8(18(19)20)4-9(7)10(11,12)13/h2-4H,5H2,1H3. The summed E-state index contributed by atoms with van der Waals surface area (Å²) in [5.74, 6) is 0.344. The molecule has 0 radical (unpaired) electrons. The lowest BCUT2D eigenvalue weighted by molar-refractivity contribution is -0.385. The Balaban J connectivity index is 2.47. The van der Waals surface area contributed by atoms with E-state index in [0.29, 0.717) is 11.9 Å². The van der Waals surface area contributed by atoms with Crippen molar-refractivity contribution in [3.8, 4) is 0 Å². The summed E-state index contributed by atoms with van der Waals surface area (Å²) in [5.41, 5.74) is -1.82. The van der Waals surface area contributed by atoms with Crippen molar-refractivity contribution in [2.75, 3.05) is 0 Å². The van der Waals surface area contributed by atoms with Gasteiger partial charge in [-0.15, -0.1) is 5.10 Å². The Morgan fingerprint density at radius 2 is 2.10 bits per heavy atom. The van der Waals surface area contributed by atoms with Crippen LogP contribution in [0.15, 0.2) is 18.2 Å². The molecule has 0 N–H and O–H groups in total. The van der Waals surface area contributed by atoms with Gasteiger partial charge in [-0.25, -0.2) is 4.68 Å². The zero-order chi connectivity index (χ0) is 14.9. The first kappa shape index (κ1) is 13.9. The molecule has 10 heteroatoms. The third kappa shape index (κ3) is 2.73. The Labute approximate surface area is 110 Å². The molecule has 0 bridgehead atoms. The number of nitrogens with zero attached hydrogens (tertiary/aromatic N) is 5. The molecule has 0 atom stereocenters. The predicted molar refractivity (Wildman–Crippen MR) is 59.8 cm³/mol. The number of aromatic nitrogens is 4. The Bertz CT molecular complexity index is 653. The van der Waals surface area contributed by atoms with Gasteiger partial charge in [-0.1, -0.05) is 0 Å². The molecular weight excluding hydrogens is 279 g/mol. The summed E-state index contributed by atoms with van der Waals surface area (Å²) in [6.07, 6.45) is -4.69. The molecule has 0 aliphatic carbocycles. The number of halogens is 3. The number of non-ortho nitro benzene ring substituents is 1. The number of hydrogen-bond acceptors (Lipinski definition) is 5. The zero-order valence-corrected chi connectivity index (χ0v) is 10.1. The summed E-state index contributed by atoms with van der Waals surface area (Å²) in [6.45, 7) is 1.32. The van der Waals surface area contributed by atoms with E-state index >= 15 is 0 Å². The summed E-state index contributed by atoms with van der Waals surface area (Å²) >= 11 is 0. The van der Waals surface area contributed by atoms with Gasteiger partial charge in [0.05, 0.1) is 17.0 Å². The van der Waals surface area contributed by atoms with Crippen molar-refractivity contribution < 1.29 is 18.1 Å². The van der Waals surface area contributed by atoms with Gasteiger partial charge in [0.1, 0.15) is 5.82 Å². The lowest BCUT2D eigenvalue weighted by Gasteiger charge is -2.12. The molecule has 106 valence electrons. The van der Waals surface area contributed by atoms with Crippen molar-refractivity contribution in [1.82, 2.24) is 20.2 Å². The van der Waals surface area contributed by atoms with Crippen LogP contribution in [0.3, 0.4) is 0 Å². The predicted octanol–water partition coefficient (Wildman–Crippen LogP) is 1.96. The van der Waals surface area contributed by atoms with Crippen LogP contribution in [0, 0.1) is 17.0 Å². The van der Waals surface area contributed by atoms with E-state index < -0.39 is 22.4 Å². The monoisotopic (exact) mass is 287 g/mol. The van der Waals surface area contributed by atoms with Crippen LogP contribution in [0.5, 0.6) is 0 Å². The fourth-order valence-corrected chi connectivity index (χ4v) is 1.64. The summed E-state index contributed by atoms with van der Waals surface area (Å²) < 4.78 is 40.0. The highest BCUT2D eigenvalue weighted by atomic mass is 19.4. The van der Waals surface area contributed by atoms with Crippen molar-refractivity contribution in [2.24, 2.45) is 0 Å². The Morgan fingerprint density at radius 3 is 2.60 bits per heavy atom. The molecule has 0 aliphatic rings. The third-order valence-electron chi connectivity index (χ3n) is 2.64. The van der Waals surface area contributed by atoms with Gasteiger partial charge in [-0.2, -0.15) is 13.2 Å². The van der Waals surface area contributed by atoms with Crippen molar-refractivity contribution in [1.29, 1.82) is 0 Å². The molecule has 0 saturated carbocycles. The van der Waals surface area contributed by atoms with Crippen molar-refractivity contribution in [3.63, 3.8) is 0 Å². The van der Waals surface area contributed by atoms with Crippen LogP contribution in [-0.4, -0.2) is 25.1 Å². The van der Waals surface area contributed by atoms with E-state index in [1.54, 1.807) is 6.92 Å². The van der Waals surface area contributed by atoms with Gasteiger partial charge in [0.2, 0.25) is 0 Å². The number of aryl methyl sites for hydroxylation is 1. The second-order valence-electron chi connectivity index (χ2n) is 3.98. The summed E-state index contributed by atoms with van der Waals surface area (Å²) in [6, 6.07) is 2.58. The Hall–Kier alpha value is -2.52. The van der Waals surface area contributed by atoms with Gasteiger partial charge in [-0.3, -0.25) is 10.1 Å². The number of hydrogen-bond donors (Lipinski definition) is 0. The minimum absolute atomic E-state index is 0.140. The molecule has 1 heterocycles. The molecule has 0 fully saturated rings. The maximum atomic E-state index is 12.9. The van der Waals surface area contributed by atoms with E-state index in [9.17, 15) is 23.3 Å². The second kappa shape index (κ2) is 4.87. The number of rotatable bonds is 3. The smallest absolute Gasteiger partial charge is 0.258 e. The Morgan fingerprint density at radius 1 is 1.40 bits per heavy atom. The number of nitro benzene ring substituents is 1. The second-order valence-corrected chi connectivity index (χ2v) is 3.98. The van der Waals surface area contributed by atoms with Gasteiger partial charge >= 0.3 is 6.18 Å². The number of tetrazole rings is 1. The average molecular weight is 287 g/mol. The third-order valence-corrected chi connectivity index (χ3v) is 2.64. The highest BCUT2D eigenvalue weighted by Gasteiger charge is 2.35. The van der Waals surface area contributed by atoms with Crippen LogP contribution >= 0.6 is 0 Å². The van der Waals surface area contributed by atoms with Gasteiger partial charge < -0.3 is 0 Å². The highest BCUT2D eigenvalue weighted by molar-refractivity contribution is 5.41. The van der Waals surface area contributed by atoms with Crippen molar-refractivity contribution in [2.45, 2.75) is 19.6 Å². The van der Waals surface area contributed by atoms with Crippen molar-refractivity contribution in [3.05, 3.63) is 45.3 Å². The SMILES string of the molecule is Cc1nnnn1Cc1ccc([N+](=O)[O-])cc1C(F)(F)F. The fraction of sp³-hybridized carbons (Fsp3) is 0.300. The van der Waals surface area contributed by atoms with E-state index in [2.05, 4.69) is 15.5 Å². The molecule has 0 spiro atoms. The van der Waals surface area contributed by atoms with E-state index in [4.69, 9.17) is 0 Å². The normalized spacial score (nSPS) is 11.6. The van der Waals surface area contributed by atoms with Crippen LogP contribution in [0.2, 0.25) is 0 Å². The molecule has 0 unspecified atom stereocenters. The van der Waals surface area contributed by atoms with Crippen molar-refractivity contribution >= 4 is 5.69 Å². The average Bonchev–Trinajstić information content (AvgIpc) is 2.74. The molecule has 0 amide bonds. The lowest BCUT2D eigenvalue weighted by atomic mass is 10.1. The van der Waals surface area contributed by atoms with Gasteiger partial charge in [0.15, 0.2) is 0 Å². The van der Waals surface area contributed by atoms with Crippen LogP contribution in [0.1, 0.15) is 17.0 Å². The molecule has 2 aromatic rings. The summed E-state index contributed by atoms with van der Waals surface area (Å²) in [4.78, 5) is 9.69. The summed E-state index contributed by atoms with van der Waals surface area (Å²) in [7, 11) is 0. The van der Waals surface area contributed by atoms with E-state index in [1.807, 2.05) is 0 Å².